The quantitative estimate of drug-likeness (QED) is 0.567. The zero-order valence-electron chi connectivity index (χ0n) is 19.7. The average Bonchev–Trinajstić information content (AvgIpc) is 3.32. The van der Waals surface area contributed by atoms with Gasteiger partial charge in [-0.25, -0.2) is 4.68 Å². The molecule has 0 saturated carbocycles. The van der Waals surface area contributed by atoms with Gasteiger partial charge in [0.2, 0.25) is 5.91 Å². The van der Waals surface area contributed by atoms with Crippen LogP contribution >= 0.6 is 0 Å². The van der Waals surface area contributed by atoms with Crippen molar-refractivity contribution in [2.75, 3.05) is 37.6 Å². The number of carbonyl (C=O) groups excluding carboxylic acids is 2. The summed E-state index contributed by atoms with van der Waals surface area (Å²) in [6.07, 6.45) is 1.58. The maximum absolute atomic E-state index is 13.0. The van der Waals surface area contributed by atoms with Crippen molar-refractivity contribution in [3.8, 4) is 11.3 Å². The van der Waals surface area contributed by atoms with Crippen molar-refractivity contribution in [1.82, 2.24) is 19.6 Å². The van der Waals surface area contributed by atoms with Crippen LogP contribution in [-0.4, -0.2) is 64.1 Å². The molecule has 1 saturated heterocycles. The second-order valence-electron chi connectivity index (χ2n) is 9.04. The van der Waals surface area contributed by atoms with Crippen LogP contribution < -0.4 is 4.90 Å². The maximum Gasteiger partial charge on any atom is 0.253 e. The first-order valence-electron chi connectivity index (χ1n) is 12.2. The number of benzene rings is 2. The lowest BCUT2D eigenvalue weighted by molar-refractivity contribution is -0.119. The number of hydrogen-bond acceptors (Lipinski definition) is 4. The van der Waals surface area contributed by atoms with Crippen LogP contribution in [0, 0.1) is 0 Å². The lowest BCUT2D eigenvalue weighted by atomic mass is 10.1. The van der Waals surface area contributed by atoms with Crippen LogP contribution in [0.1, 0.15) is 35.7 Å². The molecule has 34 heavy (non-hydrogen) atoms. The van der Waals surface area contributed by atoms with Gasteiger partial charge in [-0.2, -0.15) is 5.10 Å². The molecule has 0 atom stereocenters. The number of rotatable bonds is 6. The molecule has 176 valence electrons. The van der Waals surface area contributed by atoms with Crippen LogP contribution in [0.5, 0.6) is 0 Å². The highest BCUT2D eigenvalue weighted by atomic mass is 16.2. The monoisotopic (exact) mass is 457 g/mol. The highest BCUT2D eigenvalue weighted by molar-refractivity contribution is 5.95. The van der Waals surface area contributed by atoms with Crippen LogP contribution in [0.25, 0.3) is 11.3 Å². The minimum atomic E-state index is 0.0855. The van der Waals surface area contributed by atoms with E-state index >= 15 is 0 Å². The number of anilines is 1. The zero-order chi connectivity index (χ0) is 23.5. The third-order valence-electron chi connectivity index (χ3n) is 6.68. The first kappa shape index (κ1) is 22.3. The molecule has 1 fully saturated rings. The topological polar surface area (TPSA) is 61.7 Å². The standard InChI is InChI=1S/C27H31N5O2/c1-2-13-29-15-17-30(18-16-29)27(34)23-10-8-21(9-11-23)20-31-25-19-24(22-6-4-3-5-7-22)28-32(25)14-12-26(31)33/h3-11,19H,2,12-18,20H2,1H3. The predicted molar refractivity (Wildman–Crippen MR) is 133 cm³/mol. The van der Waals surface area contributed by atoms with Gasteiger partial charge in [0.05, 0.1) is 18.8 Å². The minimum absolute atomic E-state index is 0.0855. The smallest absolute Gasteiger partial charge is 0.253 e. The first-order chi connectivity index (χ1) is 16.6. The molecule has 2 aromatic carbocycles. The summed E-state index contributed by atoms with van der Waals surface area (Å²) in [7, 11) is 0. The Morgan fingerprint density at radius 1 is 0.941 bits per heavy atom. The molecule has 1 aromatic heterocycles. The molecule has 7 heteroatoms. The fourth-order valence-electron chi connectivity index (χ4n) is 4.78. The van der Waals surface area contributed by atoms with E-state index in [9.17, 15) is 9.59 Å². The Kier molecular flexibility index (Phi) is 6.45. The number of piperazine rings is 1. The van der Waals surface area contributed by atoms with E-state index in [1.165, 1.54) is 0 Å². The summed E-state index contributed by atoms with van der Waals surface area (Å²) in [5.41, 5.74) is 3.60. The van der Waals surface area contributed by atoms with Crippen LogP contribution in [0.4, 0.5) is 5.82 Å². The summed E-state index contributed by atoms with van der Waals surface area (Å²) in [6.45, 7) is 7.76. The van der Waals surface area contributed by atoms with Gasteiger partial charge >= 0.3 is 0 Å². The molecular weight excluding hydrogens is 426 g/mol. The van der Waals surface area contributed by atoms with Gasteiger partial charge < -0.3 is 4.90 Å². The lowest BCUT2D eigenvalue weighted by Crippen LogP contribution is -2.48. The summed E-state index contributed by atoms with van der Waals surface area (Å²) in [5, 5.41) is 4.72. The van der Waals surface area contributed by atoms with E-state index in [-0.39, 0.29) is 11.8 Å². The van der Waals surface area contributed by atoms with Crippen LogP contribution in [0.2, 0.25) is 0 Å². The summed E-state index contributed by atoms with van der Waals surface area (Å²) in [4.78, 5) is 31.9. The van der Waals surface area contributed by atoms with E-state index in [0.29, 0.717) is 25.1 Å². The number of fused-ring (bicyclic) bond motifs is 1. The Hall–Kier alpha value is -3.45. The Morgan fingerprint density at radius 3 is 2.38 bits per heavy atom. The molecule has 7 nitrogen and oxygen atoms in total. The van der Waals surface area contributed by atoms with Crippen molar-refractivity contribution in [3.63, 3.8) is 0 Å². The maximum atomic E-state index is 13.0. The molecule has 5 rings (SSSR count). The molecular formula is C27H31N5O2. The molecule has 0 aliphatic carbocycles. The fourth-order valence-corrected chi connectivity index (χ4v) is 4.78. The molecule has 2 aliphatic heterocycles. The Bertz CT molecular complexity index is 1150. The lowest BCUT2D eigenvalue weighted by Gasteiger charge is -2.34. The van der Waals surface area contributed by atoms with E-state index in [1.807, 2.05) is 70.2 Å². The number of nitrogens with zero attached hydrogens (tertiary/aromatic N) is 5. The average molecular weight is 458 g/mol. The van der Waals surface area contributed by atoms with Gasteiger partial charge in [-0.15, -0.1) is 0 Å². The van der Waals surface area contributed by atoms with E-state index in [0.717, 1.165) is 61.8 Å². The van der Waals surface area contributed by atoms with E-state index < -0.39 is 0 Å². The number of hydrogen-bond donors (Lipinski definition) is 0. The molecule has 0 radical (unpaired) electrons. The molecule has 2 amide bonds. The molecule has 3 heterocycles. The Morgan fingerprint density at radius 2 is 1.68 bits per heavy atom. The molecule has 0 N–H and O–H groups in total. The Labute approximate surface area is 200 Å². The largest absolute Gasteiger partial charge is 0.336 e. The molecule has 0 unspecified atom stereocenters. The molecule has 0 spiro atoms. The van der Waals surface area contributed by atoms with E-state index in [1.54, 1.807) is 4.90 Å². The zero-order valence-corrected chi connectivity index (χ0v) is 19.7. The van der Waals surface area contributed by atoms with Crippen molar-refractivity contribution < 1.29 is 9.59 Å². The molecule has 2 aliphatic rings. The van der Waals surface area contributed by atoms with Gasteiger partial charge in [0.1, 0.15) is 5.82 Å². The van der Waals surface area contributed by atoms with Gasteiger partial charge in [0.25, 0.3) is 5.91 Å². The van der Waals surface area contributed by atoms with Crippen molar-refractivity contribution >= 4 is 17.6 Å². The molecule has 3 aromatic rings. The minimum Gasteiger partial charge on any atom is -0.336 e. The molecule has 0 bridgehead atoms. The van der Waals surface area contributed by atoms with Crippen LogP contribution in [0.15, 0.2) is 60.7 Å². The summed E-state index contributed by atoms with van der Waals surface area (Å²) in [6, 6.07) is 19.7. The fraction of sp³-hybridized carbons (Fsp3) is 0.370. The predicted octanol–water partition coefficient (Wildman–Crippen LogP) is 3.65. The normalized spacial score (nSPS) is 16.6. The van der Waals surface area contributed by atoms with Gasteiger partial charge in [0, 0.05) is 49.8 Å². The second kappa shape index (κ2) is 9.81. The third kappa shape index (κ3) is 4.61. The number of aryl methyl sites for hydroxylation is 1. The van der Waals surface area contributed by atoms with Crippen LogP contribution in [-0.2, 0) is 17.9 Å². The SMILES string of the molecule is CCCN1CCN(C(=O)c2ccc(CN3C(=O)CCn4nc(-c5ccccc5)cc43)cc2)CC1. The van der Waals surface area contributed by atoms with Crippen LogP contribution in [0.3, 0.4) is 0 Å². The van der Waals surface area contributed by atoms with Gasteiger partial charge in [-0.1, -0.05) is 49.4 Å². The number of aromatic nitrogens is 2. The van der Waals surface area contributed by atoms with Crippen molar-refractivity contribution in [1.29, 1.82) is 0 Å². The van der Waals surface area contributed by atoms with Crippen molar-refractivity contribution in [2.45, 2.75) is 32.9 Å². The van der Waals surface area contributed by atoms with Gasteiger partial charge in [0.15, 0.2) is 0 Å². The number of carbonyl (C=O) groups is 2. The highest BCUT2D eigenvalue weighted by Crippen LogP contribution is 2.29. The first-order valence-corrected chi connectivity index (χ1v) is 12.2. The van der Waals surface area contributed by atoms with Crippen molar-refractivity contribution in [3.05, 3.63) is 71.8 Å². The van der Waals surface area contributed by atoms with Crippen molar-refractivity contribution in [2.24, 2.45) is 0 Å². The Balaban J connectivity index is 1.28. The van der Waals surface area contributed by atoms with Gasteiger partial charge in [-0.05, 0) is 30.7 Å². The summed E-state index contributed by atoms with van der Waals surface area (Å²) >= 11 is 0. The van der Waals surface area contributed by atoms with E-state index in [2.05, 4.69) is 11.8 Å². The second-order valence-corrected chi connectivity index (χ2v) is 9.04. The highest BCUT2D eigenvalue weighted by Gasteiger charge is 2.27. The summed E-state index contributed by atoms with van der Waals surface area (Å²) in [5.74, 6) is 1.000. The third-order valence-corrected chi connectivity index (χ3v) is 6.68. The van der Waals surface area contributed by atoms with E-state index in [4.69, 9.17) is 5.10 Å². The van der Waals surface area contributed by atoms with Gasteiger partial charge in [-0.3, -0.25) is 19.4 Å². The summed E-state index contributed by atoms with van der Waals surface area (Å²) < 4.78 is 1.92. The number of amides is 2.